The zero-order valence-corrected chi connectivity index (χ0v) is 17.1. The van der Waals surface area contributed by atoms with Gasteiger partial charge in [-0.05, 0) is 57.5 Å². The highest BCUT2D eigenvalue weighted by Gasteiger charge is 2.27. The van der Waals surface area contributed by atoms with Gasteiger partial charge in [-0.25, -0.2) is 0 Å². The number of thioether (sulfide) groups is 1. The quantitative estimate of drug-likeness (QED) is 0.773. The van der Waals surface area contributed by atoms with Crippen molar-refractivity contribution in [3.8, 4) is 0 Å². The molecule has 1 aliphatic rings. The topological polar surface area (TPSA) is 49.4 Å². The Hall–Kier alpha value is -2.53. The van der Waals surface area contributed by atoms with Crippen LogP contribution in [0.25, 0.3) is 6.08 Å². The molecule has 1 aliphatic heterocycles. The Bertz CT molecular complexity index is 942. The van der Waals surface area contributed by atoms with Gasteiger partial charge in [-0.15, -0.1) is 0 Å². The van der Waals surface area contributed by atoms with Gasteiger partial charge >= 0.3 is 0 Å². The van der Waals surface area contributed by atoms with E-state index >= 15 is 0 Å². The van der Waals surface area contributed by atoms with E-state index in [2.05, 4.69) is 11.4 Å². The highest BCUT2D eigenvalue weighted by Crippen LogP contribution is 2.42. The molecule has 0 spiro atoms. The predicted octanol–water partition coefficient (Wildman–Crippen LogP) is 4.63. The Morgan fingerprint density at radius 2 is 1.89 bits per heavy atom. The summed E-state index contributed by atoms with van der Waals surface area (Å²) < 4.78 is 0. The molecule has 140 valence electrons. The number of nitrogens with zero attached hydrogens (tertiary/aromatic N) is 1. The fourth-order valence-corrected chi connectivity index (χ4v) is 3.95. The van der Waals surface area contributed by atoms with Crippen LogP contribution >= 0.6 is 11.8 Å². The summed E-state index contributed by atoms with van der Waals surface area (Å²) in [5.74, 6) is -0.209. The largest absolute Gasteiger partial charge is 0.347 e. The molecule has 0 unspecified atom stereocenters. The van der Waals surface area contributed by atoms with E-state index in [1.165, 1.54) is 11.8 Å². The van der Waals surface area contributed by atoms with Gasteiger partial charge in [0.05, 0.1) is 10.6 Å². The summed E-state index contributed by atoms with van der Waals surface area (Å²) in [6.07, 6.45) is 1.92. The van der Waals surface area contributed by atoms with Crippen LogP contribution in [-0.4, -0.2) is 24.4 Å². The van der Waals surface area contributed by atoms with E-state index in [0.29, 0.717) is 10.5 Å². The lowest BCUT2D eigenvalue weighted by Gasteiger charge is -2.28. The Morgan fingerprint density at radius 1 is 1.15 bits per heavy atom. The number of rotatable bonds is 2. The second-order valence-corrected chi connectivity index (χ2v) is 8.86. The summed E-state index contributed by atoms with van der Waals surface area (Å²) in [4.78, 5) is 28.5. The third-order valence-corrected chi connectivity index (χ3v) is 5.22. The number of benzene rings is 2. The van der Waals surface area contributed by atoms with E-state index in [1.807, 2.05) is 58.0 Å². The molecule has 0 bridgehead atoms. The molecule has 0 saturated carbocycles. The van der Waals surface area contributed by atoms with Gasteiger partial charge in [0, 0.05) is 23.0 Å². The summed E-state index contributed by atoms with van der Waals surface area (Å²) >= 11 is 1.44. The maximum absolute atomic E-state index is 12.8. The summed E-state index contributed by atoms with van der Waals surface area (Å²) in [5.41, 5.74) is 3.15. The number of carbonyl (C=O) groups excluding carboxylic acids is 2. The Morgan fingerprint density at radius 3 is 2.56 bits per heavy atom. The van der Waals surface area contributed by atoms with E-state index in [-0.39, 0.29) is 17.4 Å². The van der Waals surface area contributed by atoms with Gasteiger partial charge in [0.2, 0.25) is 0 Å². The molecule has 0 atom stereocenters. The van der Waals surface area contributed by atoms with Crippen molar-refractivity contribution in [2.45, 2.75) is 38.1 Å². The van der Waals surface area contributed by atoms with Crippen molar-refractivity contribution in [2.75, 3.05) is 11.9 Å². The van der Waals surface area contributed by atoms with E-state index in [4.69, 9.17) is 0 Å². The third kappa shape index (κ3) is 4.42. The van der Waals surface area contributed by atoms with Crippen LogP contribution in [0.5, 0.6) is 0 Å². The Balaban J connectivity index is 1.92. The number of carbonyl (C=O) groups is 2. The first kappa shape index (κ1) is 19.2. The van der Waals surface area contributed by atoms with Crippen molar-refractivity contribution in [1.29, 1.82) is 0 Å². The van der Waals surface area contributed by atoms with E-state index < -0.39 is 0 Å². The van der Waals surface area contributed by atoms with Gasteiger partial charge in [-0.1, -0.05) is 41.6 Å². The molecular weight excluding hydrogens is 356 g/mol. The molecule has 0 radical (unpaired) electrons. The molecule has 27 heavy (non-hydrogen) atoms. The lowest BCUT2D eigenvalue weighted by molar-refractivity contribution is -0.114. The Kier molecular flexibility index (Phi) is 5.16. The predicted molar refractivity (Wildman–Crippen MR) is 112 cm³/mol. The highest BCUT2D eigenvalue weighted by atomic mass is 32.2. The van der Waals surface area contributed by atoms with Crippen LogP contribution in [0.1, 0.15) is 42.3 Å². The molecule has 3 rings (SSSR count). The molecule has 0 fully saturated rings. The number of nitrogens with one attached hydrogen (secondary N) is 1. The number of anilines is 1. The molecule has 4 nitrogen and oxygen atoms in total. The number of hydrogen-bond acceptors (Lipinski definition) is 3. The minimum atomic E-state index is -0.312. The van der Waals surface area contributed by atoms with E-state index in [0.717, 1.165) is 21.7 Å². The first-order chi connectivity index (χ1) is 12.6. The molecule has 5 heteroatoms. The van der Waals surface area contributed by atoms with Crippen LogP contribution in [0.4, 0.5) is 5.69 Å². The normalized spacial score (nSPS) is 15.7. The van der Waals surface area contributed by atoms with Crippen molar-refractivity contribution in [3.05, 3.63) is 64.1 Å². The number of fused-ring (bicyclic) bond motifs is 1. The van der Waals surface area contributed by atoms with Crippen LogP contribution in [0.3, 0.4) is 0 Å². The average molecular weight is 381 g/mol. The standard InChI is InChI=1S/C22H24N2O2S/c1-14-7-6-8-15(11-14)12-19-21(26)24(5)17-13-16(9-10-18(17)27-19)20(25)23-22(2,3)4/h6-13H,1-5H3,(H,23,25)/b19-12-. The summed E-state index contributed by atoms with van der Waals surface area (Å²) in [6.45, 7) is 7.86. The van der Waals surface area contributed by atoms with Crippen molar-refractivity contribution in [2.24, 2.45) is 0 Å². The smallest absolute Gasteiger partial charge is 0.264 e. The minimum Gasteiger partial charge on any atom is -0.347 e. The number of amides is 2. The maximum Gasteiger partial charge on any atom is 0.264 e. The summed E-state index contributed by atoms with van der Waals surface area (Å²) in [5, 5.41) is 2.95. The summed E-state index contributed by atoms with van der Waals surface area (Å²) in [6, 6.07) is 13.6. The third-order valence-electron chi connectivity index (χ3n) is 4.15. The molecule has 2 aromatic carbocycles. The zero-order chi connectivity index (χ0) is 19.8. The van der Waals surface area contributed by atoms with Gasteiger partial charge in [0.15, 0.2) is 0 Å². The lowest BCUT2D eigenvalue weighted by Crippen LogP contribution is -2.40. The molecule has 1 N–H and O–H groups in total. The number of hydrogen-bond donors (Lipinski definition) is 1. The maximum atomic E-state index is 12.8. The van der Waals surface area contributed by atoms with Crippen LogP contribution in [-0.2, 0) is 4.79 Å². The first-order valence-electron chi connectivity index (χ1n) is 8.85. The highest BCUT2D eigenvalue weighted by molar-refractivity contribution is 8.04. The minimum absolute atomic E-state index is 0.0672. The SMILES string of the molecule is Cc1cccc(/C=C2\Sc3ccc(C(=O)NC(C)(C)C)cc3N(C)C2=O)c1. The molecule has 0 aliphatic carbocycles. The Labute approximate surface area is 164 Å². The molecule has 1 heterocycles. The van der Waals surface area contributed by atoms with Gasteiger partial charge < -0.3 is 10.2 Å². The summed E-state index contributed by atoms with van der Waals surface area (Å²) in [7, 11) is 1.75. The second kappa shape index (κ2) is 7.24. The average Bonchev–Trinajstić information content (AvgIpc) is 2.58. The van der Waals surface area contributed by atoms with Crippen molar-refractivity contribution in [1.82, 2.24) is 5.32 Å². The fraction of sp³-hybridized carbons (Fsp3) is 0.273. The molecular formula is C22H24N2O2S. The van der Waals surface area contributed by atoms with E-state index in [9.17, 15) is 9.59 Å². The van der Waals surface area contributed by atoms with E-state index in [1.54, 1.807) is 24.1 Å². The van der Waals surface area contributed by atoms with Crippen LogP contribution in [0.15, 0.2) is 52.3 Å². The van der Waals surface area contributed by atoms with Crippen LogP contribution in [0, 0.1) is 6.92 Å². The van der Waals surface area contributed by atoms with Crippen molar-refractivity contribution >= 4 is 35.3 Å². The molecule has 2 aromatic rings. The van der Waals surface area contributed by atoms with Gasteiger partial charge in [-0.3, -0.25) is 9.59 Å². The molecule has 0 saturated heterocycles. The zero-order valence-electron chi connectivity index (χ0n) is 16.3. The monoisotopic (exact) mass is 380 g/mol. The van der Waals surface area contributed by atoms with Crippen molar-refractivity contribution in [3.63, 3.8) is 0 Å². The van der Waals surface area contributed by atoms with Crippen LogP contribution in [0.2, 0.25) is 0 Å². The fourth-order valence-electron chi connectivity index (χ4n) is 2.86. The lowest BCUT2D eigenvalue weighted by atomic mass is 10.1. The molecule has 0 aromatic heterocycles. The van der Waals surface area contributed by atoms with Gasteiger partial charge in [-0.2, -0.15) is 0 Å². The van der Waals surface area contributed by atoms with Gasteiger partial charge in [0.25, 0.3) is 11.8 Å². The van der Waals surface area contributed by atoms with Crippen LogP contribution < -0.4 is 10.2 Å². The molecule has 2 amide bonds. The first-order valence-corrected chi connectivity index (χ1v) is 9.66. The number of likely N-dealkylation sites (N-methyl/N-ethyl adjacent to an activating group) is 1. The number of aryl methyl sites for hydroxylation is 1. The van der Waals surface area contributed by atoms with Crippen molar-refractivity contribution < 1.29 is 9.59 Å². The van der Waals surface area contributed by atoms with Gasteiger partial charge in [0.1, 0.15) is 0 Å². The second-order valence-electron chi connectivity index (χ2n) is 7.78.